The highest BCUT2D eigenvalue weighted by molar-refractivity contribution is 5.82. The fourth-order valence-corrected chi connectivity index (χ4v) is 2.73. The molecule has 0 unspecified atom stereocenters. The second kappa shape index (κ2) is 7.25. The second-order valence-electron chi connectivity index (χ2n) is 5.60. The first-order valence-electron chi connectivity index (χ1n) is 8.07. The summed E-state index contributed by atoms with van der Waals surface area (Å²) < 4.78 is 4.89. The fourth-order valence-electron chi connectivity index (χ4n) is 2.73. The first-order chi connectivity index (χ1) is 11.7. The van der Waals surface area contributed by atoms with Crippen molar-refractivity contribution >= 4 is 23.0 Å². The van der Waals surface area contributed by atoms with Crippen LogP contribution in [0.25, 0.3) is 11.0 Å². The molecule has 3 rings (SSSR count). The fraction of sp³-hybridized carbons (Fsp3) is 0.412. The Bertz CT molecular complexity index is 749. The van der Waals surface area contributed by atoms with E-state index in [9.17, 15) is 9.59 Å². The first-order valence-corrected chi connectivity index (χ1v) is 8.07. The summed E-state index contributed by atoms with van der Waals surface area (Å²) in [4.78, 5) is 35.8. The number of ether oxygens (including phenoxy) is 1. The minimum absolute atomic E-state index is 0.0152. The van der Waals surface area contributed by atoms with Crippen LogP contribution in [0.1, 0.15) is 12.6 Å². The topological polar surface area (TPSA) is 75.6 Å². The molecule has 1 aliphatic heterocycles. The smallest absolute Gasteiger partial charge is 0.325 e. The highest BCUT2D eigenvalue weighted by Crippen LogP contribution is 2.12. The third-order valence-corrected chi connectivity index (χ3v) is 3.97. The van der Waals surface area contributed by atoms with Crippen LogP contribution in [0.5, 0.6) is 0 Å². The van der Waals surface area contributed by atoms with Gasteiger partial charge in [0.1, 0.15) is 6.54 Å². The van der Waals surface area contributed by atoms with Gasteiger partial charge in [0.05, 0.1) is 6.61 Å². The molecule has 1 aliphatic rings. The van der Waals surface area contributed by atoms with Crippen molar-refractivity contribution in [2.24, 2.45) is 0 Å². The Balaban J connectivity index is 1.56. The SMILES string of the molecule is CCOC(=O)CN1CCN(CCc2ccc3cccnc3n2)C1=O. The number of carbonyl (C=O) groups is 2. The summed E-state index contributed by atoms with van der Waals surface area (Å²) in [7, 11) is 0. The zero-order chi connectivity index (χ0) is 16.9. The lowest BCUT2D eigenvalue weighted by Gasteiger charge is -2.17. The average Bonchev–Trinajstić information content (AvgIpc) is 2.93. The van der Waals surface area contributed by atoms with Crippen molar-refractivity contribution in [3.05, 3.63) is 36.2 Å². The monoisotopic (exact) mass is 328 g/mol. The van der Waals surface area contributed by atoms with E-state index in [-0.39, 0.29) is 18.5 Å². The molecule has 0 aliphatic carbocycles. The molecule has 3 heterocycles. The van der Waals surface area contributed by atoms with E-state index in [0.29, 0.717) is 38.3 Å². The van der Waals surface area contributed by atoms with Gasteiger partial charge in [0.2, 0.25) is 0 Å². The number of nitrogens with zero attached hydrogens (tertiary/aromatic N) is 4. The summed E-state index contributed by atoms with van der Waals surface area (Å²) in [6.07, 6.45) is 2.38. The molecule has 0 atom stereocenters. The zero-order valence-corrected chi connectivity index (χ0v) is 13.6. The second-order valence-corrected chi connectivity index (χ2v) is 5.60. The minimum atomic E-state index is -0.366. The number of amides is 2. The maximum atomic E-state index is 12.3. The van der Waals surface area contributed by atoms with E-state index in [2.05, 4.69) is 9.97 Å². The number of aromatic nitrogens is 2. The van der Waals surface area contributed by atoms with E-state index >= 15 is 0 Å². The third kappa shape index (κ3) is 3.61. The Morgan fingerprint density at radius 2 is 2.08 bits per heavy atom. The molecule has 126 valence electrons. The molecule has 2 aromatic heterocycles. The largest absolute Gasteiger partial charge is 0.465 e. The van der Waals surface area contributed by atoms with Crippen LogP contribution < -0.4 is 0 Å². The van der Waals surface area contributed by atoms with Crippen LogP contribution in [0.3, 0.4) is 0 Å². The van der Waals surface area contributed by atoms with Gasteiger partial charge < -0.3 is 14.5 Å². The summed E-state index contributed by atoms with van der Waals surface area (Å²) in [6, 6.07) is 7.67. The molecule has 7 heteroatoms. The van der Waals surface area contributed by atoms with Gasteiger partial charge >= 0.3 is 12.0 Å². The Labute approximate surface area is 140 Å². The summed E-state index contributed by atoms with van der Waals surface area (Å²) in [5.74, 6) is -0.366. The molecule has 0 bridgehead atoms. The summed E-state index contributed by atoms with van der Waals surface area (Å²) in [5.41, 5.74) is 1.62. The van der Waals surface area contributed by atoms with Gasteiger partial charge in [-0.25, -0.2) is 14.8 Å². The number of hydrogen-bond donors (Lipinski definition) is 0. The minimum Gasteiger partial charge on any atom is -0.465 e. The van der Waals surface area contributed by atoms with E-state index in [1.807, 2.05) is 24.3 Å². The molecule has 2 amide bonds. The van der Waals surface area contributed by atoms with Crippen molar-refractivity contribution in [2.75, 3.05) is 32.8 Å². The maximum Gasteiger partial charge on any atom is 0.325 e. The number of carbonyl (C=O) groups excluding carboxylic acids is 2. The standard InChI is InChI=1S/C17H20N4O3/c1-2-24-15(22)12-21-11-10-20(17(21)23)9-7-14-6-5-13-4-3-8-18-16(13)19-14/h3-6,8H,2,7,9-12H2,1H3. The molecule has 0 N–H and O–H groups in total. The van der Waals surface area contributed by atoms with Crippen molar-refractivity contribution in [3.63, 3.8) is 0 Å². The van der Waals surface area contributed by atoms with Crippen LogP contribution in [0, 0.1) is 0 Å². The van der Waals surface area contributed by atoms with E-state index in [1.54, 1.807) is 18.0 Å². The van der Waals surface area contributed by atoms with Crippen LogP contribution in [0.4, 0.5) is 4.79 Å². The van der Waals surface area contributed by atoms with Crippen LogP contribution in [-0.2, 0) is 16.0 Å². The molecule has 24 heavy (non-hydrogen) atoms. The highest BCUT2D eigenvalue weighted by Gasteiger charge is 2.29. The summed E-state index contributed by atoms with van der Waals surface area (Å²) in [5, 5.41) is 0.999. The van der Waals surface area contributed by atoms with Crippen LogP contribution in [0.15, 0.2) is 30.5 Å². The van der Waals surface area contributed by atoms with E-state index < -0.39 is 0 Å². The first kappa shape index (κ1) is 16.2. The van der Waals surface area contributed by atoms with Gasteiger partial charge in [-0.15, -0.1) is 0 Å². The van der Waals surface area contributed by atoms with E-state index in [1.165, 1.54) is 4.90 Å². The van der Waals surface area contributed by atoms with Gasteiger partial charge in [0.15, 0.2) is 5.65 Å². The van der Waals surface area contributed by atoms with E-state index in [4.69, 9.17) is 4.74 Å². The Kier molecular flexibility index (Phi) is 4.88. The van der Waals surface area contributed by atoms with Crippen LogP contribution in [0.2, 0.25) is 0 Å². The predicted octanol–water partition coefficient (Wildman–Crippen LogP) is 1.47. The van der Waals surface area contributed by atoms with Gasteiger partial charge in [-0.3, -0.25) is 4.79 Å². The zero-order valence-electron chi connectivity index (χ0n) is 13.6. The van der Waals surface area contributed by atoms with Crippen LogP contribution in [-0.4, -0.2) is 64.6 Å². The number of urea groups is 1. The molecule has 1 fully saturated rings. The molecular formula is C17H20N4O3. The van der Waals surface area contributed by atoms with Gasteiger partial charge in [0.25, 0.3) is 0 Å². The lowest BCUT2D eigenvalue weighted by molar-refractivity contribution is -0.143. The normalized spacial score (nSPS) is 14.5. The molecule has 0 aromatic carbocycles. The molecule has 7 nitrogen and oxygen atoms in total. The highest BCUT2D eigenvalue weighted by atomic mass is 16.5. The lowest BCUT2D eigenvalue weighted by Crippen LogP contribution is -2.36. The van der Waals surface area contributed by atoms with Gasteiger partial charge in [-0.2, -0.15) is 0 Å². The summed E-state index contributed by atoms with van der Waals surface area (Å²) >= 11 is 0. The molecule has 1 saturated heterocycles. The number of esters is 1. The van der Waals surface area contributed by atoms with Crippen molar-refractivity contribution < 1.29 is 14.3 Å². The van der Waals surface area contributed by atoms with Crippen molar-refractivity contribution in [2.45, 2.75) is 13.3 Å². The van der Waals surface area contributed by atoms with Crippen LogP contribution >= 0.6 is 0 Å². The number of fused-ring (bicyclic) bond motifs is 1. The molecule has 2 aromatic rings. The Hall–Kier alpha value is -2.70. The quantitative estimate of drug-likeness (QED) is 0.751. The van der Waals surface area contributed by atoms with Gasteiger partial charge in [0, 0.05) is 43.3 Å². The Morgan fingerprint density at radius 1 is 1.25 bits per heavy atom. The van der Waals surface area contributed by atoms with Crippen molar-refractivity contribution in [3.8, 4) is 0 Å². The molecule has 0 saturated carbocycles. The van der Waals surface area contributed by atoms with Crippen molar-refractivity contribution in [1.29, 1.82) is 0 Å². The molecule has 0 spiro atoms. The van der Waals surface area contributed by atoms with Crippen molar-refractivity contribution in [1.82, 2.24) is 19.8 Å². The molecule has 0 radical (unpaired) electrons. The van der Waals surface area contributed by atoms with E-state index in [0.717, 1.165) is 11.1 Å². The summed E-state index contributed by atoms with van der Waals surface area (Å²) in [6.45, 7) is 3.83. The predicted molar refractivity (Wildman–Crippen MR) is 88.4 cm³/mol. The maximum absolute atomic E-state index is 12.3. The average molecular weight is 328 g/mol. The number of hydrogen-bond acceptors (Lipinski definition) is 5. The third-order valence-electron chi connectivity index (χ3n) is 3.97. The number of rotatable bonds is 6. The lowest BCUT2D eigenvalue weighted by atomic mass is 10.2. The number of pyridine rings is 2. The van der Waals surface area contributed by atoms with Gasteiger partial charge in [-0.1, -0.05) is 0 Å². The Morgan fingerprint density at radius 3 is 2.92 bits per heavy atom. The molecular weight excluding hydrogens is 308 g/mol. The van der Waals surface area contributed by atoms with Gasteiger partial charge in [-0.05, 0) is 31.2 Å².